The topological polar surface area (TPSA) is 61.4 Å². The predicted molar refractivity (Wildman–Crippen MR) is 64.4 cm³/mol. The van der Waals surface area contributed by atoms with E-state index in [9.17, 15) is 9.59 Å². The number of rotatable bonds is 4. The van der Waals surface area contributed by atoms with Gasteiger partial charge < -0.3 is 15.5 Å². The Kier molecular flexibility index (Phi) is 3.99. The Morgan fingerprint density at radius 1 is 1.59 bits per heavy atom. The van der Waals surface area contributed by atoms with Gasteiger partial charge in [-0.05, 0) is 26.3 Å². The molecule has 2 unspecified atom stereocenters. The van der Waals surface area contributed by atoms with Gasteiger partial charge in [0.1, 0.15) is 0 Å². The first-order valence-corrected chi connectivity index (χ1v) is 6.49. The molecule has 0 bridgehead atoms. The molecule has 2 rings (SSSR count). The lowest BCUT2D eigenvalue weighted by atomic mass is 10.1. The van der Waals surface area contributed by atoms with Crippen LogP contribution in [0.2, 0.25) is 0 Å². The smallest absolute Gasteiger partial charge is 0.225 e. The summed E-state index contributed by atoms with van der Waals surface area (Å²) in [6.07, 6.45) is 2.69. The van der Waals surface area contributed by atoms with Gasteiger partial charge in [0.25, 0.3) is 0 Å². The van der Waals surface area contributed by atoms with Crippen molar-refractivity contribution in [2.24, 2.45) is 5.92 Å². The summed E-state index contributed by atoms with van der Waals surface area (Å²) >= 11 is 0. The molecule has 0 aliphatic carbocycles. The molecule has 0 spiro atoms. The molecular formula is C12H21N3O2. The van der Waals surface area contributed by atoms with Gasteiger partial charge in [0, 0.05) is 32.1 Å². The monoisotopic (exact) mass is 239 g/mol. The normalized spacial score (nSPS) is 28.8. The minimum atomic E-state index is -0.149. The zero-order valence-corrected chi connectivity index (χ0v) is 10.4. The van der Waals surface area contributed by atoms with E-state index in [1.165, 1.54) is 6.42 Å². The van der Waals surface area contributed by atoms with Crippen LogP contribution in [0, 0.1) is 5.92 Å². The molecule has 17 heavy (non-hydrogen) atoms. The zero-order chi connectivity index (χ0) is 12.3. The van der Waals surface area contributed by atoms with Gasteiger partial charge in [0.15, 0.2) is 0 Å². The Bertz CT molecular complexity index is 300. The highest BCUT2D eigenvalue weighted by Gasteiger charge is 2.33. The zero-order valence-electron chi connectivity index (χ0n) is 10.4. The largest absolute Gasteiger partial charge is 0.354 e. The molecule has 96 valence electrons. The van der Waals surface area contributed by atoms with Crippen LogP contribution in [-0.4, -0.2) is 48.9 Å². The minimum absolute atomic E-state index is 0.0306. The fourth-order valence-corrected chi connectivity index (χ4v) is 2.55. The minimum Gasteiger partial charge on any atom is -0.354 e. The van der Waals surface area contributed by atoms with Crippen LogP contribution in [0.5, 0.6) is 0 Å². The Hall–Kier alpha value is -1.10. The van der Waals surface area contributed by atoms with E-state index in [-0.39, 0.29) is 17.7 Å². The van der Waals surface area contributed by atoms with Crippen LogP contribution < -0.4 is 10.6 Å². The molecule has 2 N–H and O–H groups in total. The molecule has 2 fully saturated rings. The third-order valence-corrected chi connectivity index (χ3v) is 3.65. The summed E-state index contributed by atoms with van der Waals surface area (Å²) in [6.45, 7) is 4.97. The molecule has 0 aromatic carbocycles. The molecular weight excluding hydrogens is 218 g/mol. The Morgan fingerprint density at radius 3 is 3.00 bits per heavy atom. The number of amides is 2. The van der Waals surface area contributed by atoms with Crippen LogP contribution in [0.4, 0.5) is 0 Å². The third-order valence-electron chi connectivity index (χ3n) is 3.65. The number of carbonyl (C=O) groups excluding carboxylic acids is 2. The van der Waals surface area contributed by atoms with Crippen LogP contribution in [0.1, 0.15) is 26.2 Å². The predicted octanol–water partition coefficient (Wildman–Crippen LogP) is -0.277. The summed E-state index contributed by atoms with van der Waals surface area (Å²) in [5.74, 6) is -0.0153. The van der Waals surface area contributed by atoms with Crippen LogP contribution in [-0.2, 0) is 9.59 Å². The van der Waals surface area contributed by atoms with Crippen molar-refractivity contribution >= 4 is 11.8 Å². The van der Waals surface area contributed by atoms with Gasteiger partial charge >= 0.3 is 0 Å². The fourth-order valence-electron chi connectivity index (χ4n) is 2.55. The van der Waals surface area contributed by atoms with Crippen molar-refractivity contribution in [1.29, 1.82) is 0 Å². The molecule has 2 atom stereocenters. The van der Waals surface area contributed by atoms with Crippen molar-refractivity contribution in [3.63, 3.8) is 0 Å². The molecule has 2 aliphatic heterocycles. The summed E-state index contributed by atoms with van der Waals surface area (Å²) in [7, 11) is 0. The van der Waals surface area contributed by atoms with Gasteiger partial charge in [-0.15, -0.1) is 0 Å². The molecule has 2 heterocycles. The SMILES string of the molecule is CCN1CC(C(=O)NCC2CCCN2)CC1=O. The maximum atomic E-state index is 11.9. The molecule has 5 nitrogen and oxygen atoms in total. The average molecular weight is 239 g/mol. The van der Waals surface area contributed by atoms with Crippen LogP contribution in [0.3, 0.4) is 0 Å². The van der Waals surface area contributed by atoms with Crippen molar-refractivity contribution in [3.05, 3.63) is 0 Å². The lowest BCUT2D eigenvalue weighted by Gasteiger charge is -2.15. The molecule has 0 aromatic rings. The second-order valence-electron chi connectivity index (χ2n) is 4.87. The van der Waals surface area contributed by atoms with E-state index in [2.05, 4.69) is 10.6 Å². The summed E-state index contributed by atoms with van der Waals surface area (Å²) < 4.78 is 0. The maximum Gasteiger partial charge on any atom is 0.225 e. The third kappa shape index (κ3) is 2.97. The standard InChI is InChI=1S/C12H21N3O2/c1-2-15-8-9(6-11(15)16)12(17)14-7-10-4-3-5-13-10/h9-10,13H,2-8H2,1H3,(H,14,17). The number of hydrogen-bond acceptors (Lipinski definition) is 3. The summed E-state index contributed by atoms with van der Waals surface area (Å²) in [5.41, 5.74) is 0. The highest BCUT2D eigenvalue weighted by molar-refractivity contribution is 5.89. The molecule has 0 aromatic heterocycles. The van der Waals surface area contributed by atoms with Crippen LogP contribution in [0.15, 0.2) is 0 Å². The van der Waals surface area contributed by atoms with Crippen molar-refractivity contribution < 1.29 is 9.59 Å². The van der Waals surface area contributed by atoms with Gasteiger partial charge in [0.05, 0.1) is 5.92 Å². The van der Waals surface area contributed by atoms with Crippen molar-refractivity contribution in [1.82, 2.24) is 15.5 Å². The molecule has 2 amide bonds. The summed E-state index contributed by atoms with van der Waals surface area (Å²) in [4.78, 5) is 25.2. The Labute approximate surface area is 102 Å². The van der Waals surface area contributed by atoms with E-state index in [0.29, 0.717) is 32.1 Å². The number of likely N-dealkylation sites (tertiary alicyclic amines) is 1. The molecule has 5 heteroatoms. The number of nitrogens with one attached hydrogen (secondary N) is 2. The van der Waals surface area contributed by atoms with Crippen LogP contribution in [0.25, 0.3) is 0 Å². The van der Waals surface area contributed by atoms with Gasteiger partial charge in [-0.1, -0.05) is 0 Å². The number of carbonyl (C=O) groups is 2. The fraction of sp³-hybridized carbons (Fsp3) is 0.833. The van der Waals surface area contributed by atoms with Crippen LogP contribution >= 0.6 is 0 Å². The summed E-state index contributed by atoms with van der Waals surface area (Å²) in [5, 5.41) is 6.29. The lowest BCUT2D eigenvalue weighted by molar-refractivity contribution is -0.128. The lowest BCUT2D eigenvalue weighted by Crippen LogP contribution is -2.40. The highest BCUT2D eigenvalue weighted by atomic mass is 16.2. The Balaban J connectivity index is 1.74. The van der Waals surface area contributed by atoms with E-state index >= 15 is 0 Å². The molecule has 2 saturated heterocycles. The second kappa shape index (κ2) is 5.49. The molecule has 0 saturated carbocycles. The first kappa shape index (κ1) is 12.4. The van der Waals surface area contributed by atoms with E-state index < -0.39 is 0 Å². The maximum absolute atomic E-state index is 11.9. The first-order chi connectivity index (χ1) is 8.20. The number of nitrogens with zero attached hydrogens (tertiary/aromatic N) is 1. The quantitative estimate of drug-likeness (QED) is 0.709. The first-order valence-electron chi connectivity index (χ1n) is 6.49. The second-order valence-corrected chi connectivity index (χ2v) is 4.87. The van der Waals surface area contributed by atoms with Crippen molar-refractivity contribution in [2.75, 3.05) is 26.2 Å². The van der Waals surface area contributed by atoms with Crippen molar-refractivity contribution in [2.45, 2.75) is 32.2 Å². The average Bonchev–Trinajstić information content (AvgIpc) is 2.94. The van der Waals surface area contributed by atoms with Crippen molar-refractivity contribution in [3.8, 4) is 0 Å². The van der Waals surface area contributed by atoms with Gasteiger partial charge in [0.2, 0.25) is 11.8 Å². The van der Waals surface area contributed by atoms with E-state index in [0.717, 1.165) is 13.0 Å². The highest BCUT2D eigenvalue weighted by Crippen LogP contribution is 2.17. The molecule has 0 radical (unpaired) electrons. The summed E-state index contributed by atoms with van der Waals surface area (Å²) in [6, 6.07) is 0.415. The van der Waals surface area contributed by atoms with Gasteiger partial charge in [-0.2, -0.15) is 0 Å². The number of hydrogen-bond donors (Lipinski definition) is 2. The van der Waals surface area contributed by atoms with E-state index in [4.69, 9.17) is 0 Å². The molecule has 2 aliphatic rings. The van der Waals surface area contributed by atoms with Gasteiger partial charge in [-0.3, -0.25) is 9.59 Å². The Morgan fingerprint density at radius 2 is 2.41 bits per heavy atom. The van der Waals surface area contributed by atoms with Gasteiger partial charge in [-0.25, -0.2) is 0 Å². The van der Waals surface area contributed by atoms with E-state index in [1.54, 1.807) is 4.90 Å². The van der Waals surface area contributed by atoms with E-state index in [1.807, 2.05) is 6.92 Å².